The van der Waals surface area contributed by atoms with Gasteiger partial charge in [-0.25, -0.2) is 9.18 Å². The van der Waals surface area contributed by atoms with Crippen LogP contribution in [-0.2, 0) is 11.2 Å². The number of halogens is 1. The Labute approximate surface area is 227 Å². The molecule has 1 aliphatic rings. The van der Waals surface area contributed by atoms with Crippen LogP contribution >= 0.6 is 0 Å². The summed E-state index contributed by atoms with van der Waals surface area (Å²) in [6, 6.07) is 16.9. The minimum atomic E-state index is -0.923. The smallest absolute Gasteiger partial charge is 0.321 e. The molecule has 2 amide bonds. The van der Waals surface area contributed by atoms with Crippen LogP contribution in [0.1, 0.15) is 38.7 Å². The molecule has 206 valence electrons. The van der Waals surface area contributed by atoms with Gasteiger partial charge < -0.3 is 29.9 Å². The number of nitrogens with one attached hydrogen (secondary N) is 1. The Morgan fingerprint density at radius 3 is 1.97 bits per heavy atom. The average Bonchev–Trinajstić information content (AvgIpc) is 2.86. The number of likely N-dealkylation sites (tertiary alicyclic amines) is 1. The molecule has 8 nitrogen and oxygen atoms in total. The average molecular weight is 537 g/mol. The van der Waals surface area contributed by atoms with E-state index in [2.05, 4.69) is 19.2 Å². The molecule has 9 heteroatoms. The van der Waals surface area contributed by atoms with E-state index in [0.29, 0.717) is 72.5 Å². The Bertz CT molecular complexity index is 1290. The molecule has 0 aromatic heterocycles. The van der Waals surface area contributed by atoms with Crippen molar-refractivity contribution in [3.8, 4) is 23.0 Å². The van der Waals surface area contributed by atoms with Gasteiger partial charge in [0.1, 0.15) is 28.8 Å². The summed E-state index contributed by atoms with van der Waals surface area (Å²) in [7, 11) is 0. The number of benzene rings is 3. The SMILES string of the molecule is CC(C)CC1(O)CCN(C(=O)Nc2cc(Oc3ccc(F)cc3)cc(Oc3ccc(CC(=O)O)cc3)c2)CC1. The molecule has 0 bridgehead atoms. The van der Waals surface area contributed by atoms with Gasteiger partial charge in [-0.15, -0.1) is 0 Å². The number of rotatable bonds is 9. The third-order valence-electron chi connectivity index (χ3n) is 6.46. The molecule has 1 fully saturated rings. The maximum absolute atomic E-state index is 13.3. The molecule has 3 N–H and O–H groups in total. The van der Waals surface area contributed by atoms with Gasteiger partial charge in [0.05, 0.1) is 12.0 Å². The quantitative estimate of drug-likeness (QED) is 0.290. The topological polar surface area (TPSA) is 108 Å². The van der Waals surface area contributed by atoms with Gasteiger partial charge in [0.25, 0.3) is 0 Å². The van der Waals surface area contributed by atoms with Crippen molar-refractivity contribution in [3.63, 3.8) is 0 Å². The minimum Gasteiger partial charge on any atom is -0.481 e. The number of urea groups is 1. The van der Waals surface area contributed by atoms with E-state index in [4.69, 9.17) is 14.6 Å². The molecular weight excluding hydrogens is 503 g/mol. The maximum atomic E-state index is 13.3. The molecule has 0 unspecified atom stereocenters. The highest BCUT2D eigenvalue weighted by atomic mass is 19.1. The zero-order valence-corrected chi connectivity index (χ0v) is 22.0. The van der Waals surface area contributed by atoms with E-state index < -0.39 is 11.6 Å². The molecule has 0 aliphatic carbocycles. The molecular formula is C30H33FN2O6. The number of piperidine rings is 1. The monoisotopic (exact) mass is 536 g/mol. The fourth-order valence-corrected chi connectivity index (χ4v) is 4.68. The summed E-state index contributed by atoms with van der Waals surface area (Å²) < 4.78 is 25.2. The first-order valence-corrected chi connectivity index (χ1v) is 12.9. The number of nitrogens with zero attached hydrogens (tertiary/aromatic N) is 1. The fourth-order valence-electron chi connectivity index (χ4n) is 4.68. The number of hydrogen-bond acceptors (Lipinski definition) is 5. The first kappa shape index (κ1) is 27.9. The molecule has 0 spiro atoms. The van der Waals surface area contributed by atoms with Crippen molar-refractivity contribution < 1.29 is 33.7 Å². The number of anilines is 1. The maximum Gasteiger partial charge on any atom is 0.321 e. The zero-order valence-electron chi connectivity index (χ0n) is 22.0. The number of aliphatic hydroxyl groups is 1. The Morgan fingerprint density at radius 2 is 1.46 bits per heavy atom. The summed E-state index contributed by atoms with van der Waals surface area (Å²) in [5, 5.41) is 22.7. The van der Waals surface area contributed by atoms with Crippen LogP contribution in [0.5, 0.6) is 23.0 Å². The third-order valence-corrected chi connectivity index (χ3v) is 6.46. The van der Waals surface area contributed by atoms with Crippen molar-refractivity contribution in [3.05, 3.63) is 78.1 Å². The van der Waals surface area contributed by atoms with Crippen molar-refractivity contribution in [1.82, 2.24) is 4.90 Å². The standard InChI is InChI=1S/C30H33FN2O6/c1-20(2)19-30(37)11-13-33(14-12-30)29(36)32-23-16-26(38-24-7-3-21(4-8-24)15-28(34)35)18-27(17-23)39-25-9-5-22(31)6-10-25/h3-10,16-18,20,37H,11-15,19H2,1-2H3,(H,32,36)(H,34,35). The second kappa shape index (κ2) is 12.2. The van der Waals surface area contributed by atoms with Gasteiger partial charge in [0.15, 0.2) is 0 Å². The van der Waals surface area contributed by atoms with Gasteiger partial charge in [0, 0.05) is 37.0 Å². The highest BCUT2D eigenvalue weighted by molar-refractivity contribution is 5.90. The lowest BCUT2D eigenvalue weighted by Crippen LogP contribution is -2.48. The van der Waals surface area contributed by atoms with Gasteiger partial charge in [-0.05, 0) is 67.1 Å². The summed E-state index contributed by atoms with van der Waals surface area (Å²) in [6.07, 6.45) is 1.63. The minimum absolute atomic E-state index is 0.0944. The first-order chi connectivity index (χ1) is 18.6. The summed E-state index contributed by atoms with van der Waals surface area (Å²) in [5.41, 5.74) is 0.313. The number of carbonyl (C=O) groups is 2. The second-order valence-corrected chi connectivity index (χ2v) is 10.3. The van der Waals surface area contributed by atoms with Crippen LogP contribution in [0.2, 0.25) is 0 Å². The van der Waals surface area contributed by atoms with Crippen LogP contribution < -0.4 is 14.8 Å². The number of aliphatic carboxylic acids is 1. The summed E-state index contributed by atoms with van der Waals surface area (Å²) in [4.78, 5) is 25.7. The predicted octanol–water partition coefficient (Wildman–Crippen LogP) is 6.44. The van der Waals surface area contributed by atoms with Crippen molar-refractivity contribution in [2.24, 2.45) is 5.92 Å². The van der Waals surface area contributed by atoms with E-state index in [0.717, 1.165) is 0 Å². The number of carboxylic acid groups (broad SMARTS) is 1. The van der Waals surface area contributed by atoms with Crippen LogP contribution in [0.4, 0.5) is 14.9 Å². The molecule has 3 aromatic carbocycles. The number of carbonyl (C=O) groups excluding carboxylic acids is 1. The van der Waals surface area contributed by atoms with Crippen LogP contribution in [0.3, 0.4) is 0 Å². The molecule has 0 saturated carbocycles. The Kier molecular flexibility index (Phi) is 8.71. The van der Waals surface area contributed by atoms with Gasteiger partial charge in [0.2, 0.25) is 0 Å². The van der Waals surface area contributed by atoms with Crippen molar-refractivity contribution in [2.75, 3.05) is 18.4 Å². The number of hydrogen-bond donors (Lipinski definition) is 3. The number of carboxylic acids is 1. The van der Waals surface area contributed by atoms with Crippen LogP contribution in [0.15, 0.2) is 66.7 Å². The summed E-state index contributed by atoms with van der Waals surface area (Å²) in [6.45, 7) is 5.02. The lowest BCUT2D eigenvalue weighted by Gasteiger charge is -2.39. The van der Waals surface area contributed by atoms with Crippen LogP contribution in [0, 0.1) is 11.7 Å². The van der Waals surface area contributed by atoms with E-state index in [1.54, 1.807) is 47.4 Å². The Hall–Kier alpha value is -4.11. The molecule has 1 aliphatic heterocycles. The van der Waals surface area contributed by atoms with Crippen molar-refractivity contribution >= 4 is 17.7 Å². The third kappa shape index (κ3) is 8.19. The summed E-state index contributed by atoms with van der Waals surface area (Å²) in [5.74, 6) is 0.674. The lowest BCUT2D eigenvalue weighted by atomic mass is 9.84. The van der Waals surface area contributed by atoms with E-state index >= 15 is 0 Å². The predicted molar refractivity (Wildman–Crippen MR) is 145 cm³/mol. The molecule has 0 atom stereocenters. The van der Waals surface area contributed by atoms with E-state index in [1.807, 2.05) is 0 Å². The first-order valence-electron chi connectivity index (χ1n) is 12.9. The molecule has 1 saturated heterocycles. The van der Waals surface area contributed by atoms with Gasteiger partial charge in [-0.1, -0.05) is 26.0 Å². The van der Waals surface area contributed by atoms with Gasteiger partial charge in [-0.3, -0.25) is 4.79 Å². The molecule has 1 heterocycles. The van der Waals surface area contributed by atoms with Crippen LogP contribution in [-0.4, -0.2) is 45.8 Å². The number of amides is 2. The molecule has 39 heavy (non-hydrogen) atoms. The Morgan fingerprint density at radius 1 is 0.923 bits per heavy atom. The molecule has 0 radical (unpaired) electrons. The second-order valence-electron chi connectivity index (χ2n) is 10.3. The zero-order chi connectivity index (χ0) is 28.0. The van der Waals surface area contributed by atoms with Crippen molar-refractivity contribution in [1.29, 1.82) is 0 Å². The molecule has 4 rings (SSSR count). The normalized spacial score (nSPS) is 14.6. The van der Waals surface area contributed by atoms with Crippen LogP contribution in [0.25, 0.3) is 0 Å². The largest absolute Gasteiger partial charge is 0.481 e. The number of ether oxygens (including phenoxy) is 2. The van der Waals surface area contributed by atoms with Gasteiger partial charge in [-0.2, -0.15) is 0 Å². The van der Waals surface area contributed by atoms with Crippen molar-refractivity contribution in [2.45, 2.75) is 45.1 Å². The van der Waals surface area contributed by atoms with E-state index in [9.17, 15) is 19.1 Å². The highest BCUT2D eigenvalue weighted by Gasteiger charge is 2.34. The van der Waals surface area contributed by atoms with Gasteiger partial charge >= 0.3 is 12.0 Å². The fraction of sp³-hybridized carbons (Fsp3) is 0.333. The Balaban J connectivity index is 1.51. The highest BCUT2D eigenvalue weighted by Crippen LogP contribution is 2.34. The molecule has 3 aromatic rings. The lowest BCUT2D eigenvalue weighted by molar-refractivity contribution is -0.136. The summed E-state index contributed by atoms with van der Waals surface area (Å²) >= 11 is 0. The van der Waals surface area contributed by atoms with E-state index in [-0.39, 0.29) is 18.3 Å². The van der Waals surface area contributed by atoms with E-state index in [1.165, 1.54) is 24.3 Å².